The molecule has 32 heavy (non-hydrogen) atoms. The molecule has 2 N–H and O–H groups in total. The van der Waals surface area contributed by atoms with Gasteiger partial charge in [0.25, 0.3) is 0 Å². The zero-order chi connectivity index (χ0) is 21.8. The summed E-state index contributed by atoms with van der Waals surface area (Å²) in [4.78, 5) is 10.6. The molecule has 1 aliphatic heterocycles. The maximum Gasteiger partial charge on any atom is 0.158 e. The number of nitrogens with zero attached hydrogens (tertiary/aromatic N) is 5. The molecule has 1 atom stereocenters. The van der Waals surface area contributed by atoms with E-state index >= 15 is 0 Å². The first kappa shape index (κ1) is 23.3. The first-order valence-electron chi connectivity index (χ1n) is 10.2. The van der Waals surface area contributed by atoms with Crippen LogP contribution in [0.4, 0.5) is 11.6 Å². The SMILES string of the molecule is COc1cc(O[C@H]2CCN(C(C)C)C2)ccc1-c1cc(Nc2cnc(C#N)cn2)n[nH]1.Cl. The molecule has 168 valence electrons. The molecule has 0 radical (unpaired) electrons. The van der Waals surface area contributed by atoms with Gasteiger partial charge in [-0.2, -0.15) is 10.4 Å². The number of aromatic amines is 1. The second kappa shape index (κ2) is 10.3. The third-order valence-electron chi connectivity index (χ3n) is 5.27. The van der Waals surface area contributed by atoms with E-state index in [-0.39, 0.29) is 24.2 Å². The number of likely N-dealkylation sites (tertiary alicyclic amines) is 1. The van der Waals surface area contributed by atoms with Crippen LogP contribution in [0.1, 0.15) is 26.0 Å². The highest BCUT2D eigenvalue weighted by Crippen LogP contribution is 2.34. The van der Waals surface area contributed by atoms with Crippen LogP contribution in [0, 0.1) is 11.3 Å². The molecule has 4 rings (SSSR count). The number of aromatic nitrogens is 4. The van der Waals surface area contributed by atoms with E-state index < -0.39 is 0 Å². The zero-order valence-electron chi connectivity index (χ0n) is 18.2. The van der Waals surface area contributed by atoms with E-state index in [0.717, 1.165) is 36.5 Å². The highest BCUT2D eigenvalue weighted by atomic mass is 35.5. The number of rotatable bonds is 7. The molecular weight excluding hydrogens is 430 g/mol. The lowest BCUT2D eigenvalue weighted by Gasteiger charge is -2.20. The Morgan fingerprint density at radius 3 is 2.72 bits per heavy atom. The van der Waals surface area contributed by atoms with Crippen LogP contribution in [0.2, 0.25) is 0 Å². The fourth-order valence-corrected chi connectivity index (χ4v) is 3.58. The molecule has 0 aliphatic carbocycles. The van der Waals surface area contributed by atoms with Crippen LogP contribution in [-0.2, 0) is 0 Å². The van der Waals surface area contributed by atoms with Gasteiger partial charge in [0.05, 0.1) is 25.2 Å². The summed E-state index contributed by atoms with van der Waals surface area (Å²) in [5, 5.41) is 19.2. The summed E-state index contributed by atoms with van der Waals surface area (Å²) in [7, 11) is 1.64. The van der Waals surface area contributed by atoms with Crippen molar-refractivity contribution in [3.63, 3.8) is 0 Å². The second-order valence-corrected chi connectivity index (χ2v) is 7.67. The maximum absolute atomic E-state index is 8.82. The van der Waals surface area contributed by atoms with Gasteiger partial charge in [-0.15, -0.1) is 12.4 Å². The molecule has 3 heterocycles. The molecule has 0 bridgehead atoms. The van der Waals surface area contributed by atoms with E-state index in [1.807, 2.05) is 30.3 Å². The smallest absolute Gasteiger partial charge is 0.158 e. The molecule has 1 aromatic carbocycles. The first-order valence-corrected chi connectivity index (χ1v) is 10.2. The van der Waals surface area contributed by atoms with Crippen LogP contribution < -0.4 is 14.8 Å². The van der Waals surface area contributed by atoms with Crippen LogP contribution in [0.3, 0.4) is 0 Å². The summed E-state index contributed by atoms with van der Waals surface area (Å²) in [5.41, 5.74) is 1.92. The summed E-state index contributed by atoms with van der Waals surface area (Å²) in [6, 6.07) is 10.2. The molecule has 0 unspecified atom stereocenters. The number of H-pyrrole nitrogens is 1. The van der Waals surface area contributed by atoms with Crippen LogP contribution in [-0.4, -0.2) is 57.4 Å². The van der Waals surface area contributed by atoms with E-state index in [9.17, 15) is 0 Å². The van der Waals surface area contributed by atoms with Crippen LogP contribution in [0.5, 0.6) is 11.5 Å². The van der Waals surface area contributed by atoms with Crippen molar-refractivity contribution in [2.45, 2.75) is 32.4 Å². The minimum absolute atomic E-state index is 0. The van der Waals surface area contributed by atoms with Gasteiger partial charge in [0.1, 0.15) is 29.5 Å². The van der Waals surface area contributed by atoms with E-state index in [2.05, 4.69) is 44.2 Å². The summed E-state index contributed by atoms with van der Waals surface area (Å²) in [6.45, 7) is 6.42. The third kappa shape index (κ3) is 5.28. The Balaban J connectivity index is 0.00000289. The summed E-state index contributed by atoms with van der Waals surface area (Å²) in [5.74, 6) is 2.57. The van der Waals surface area contributed by atoms with Gasteiger partial charge in [0, 0.05) is 36.8 Å². The summed E-state index contributed by atoms with van der Waals surface area (Å²) < 4.78 is 11.8. The van der Waals surface area contributed by atoms with Gasteiger partial charge >= 0.3 is 0 Å². The number of nitriles is 1. The molecule has 3 aromatic rings. The molecule has 2 aromatic heterocycles. The van der Waals surface area contributed by atoms with Gasteiger partial charge in [0.2, 0.25) is 0 Å². The first-order chi connectivity index (χ1) is 15.1. The number of hydrogen-bond donors (Lipinski definition) is 2. The van der Waals surface area contributed by atoms with E-state index in [4.69, 9.17) is 14.7 Å². The molecule has 1 aliphatic rings. The van der Waals surface area contributed by atoms with E-state index in [1.54, 1.807) is 7.11 Å². The van der Waals surface area contributed by atoms with Gasteiger partial charge in [-0.05, 0) is 32.4 Å². The maximum atomic E-state index is 8.82. The molecule has 0 spiro atoms. The quantitative estimate of drug-likeness (QED) is 0.553. The largest absolute Gasteiger partial charge is 0.496 e. The summed E-state index contributed by atoms with van der Waals surface area (Å²) in [6.07, 6.45) is 4.11. The van der Waals surface area contributed by atoms with Crippen molar-refractivity contribution in [2.24, 2.45) is 0 Å². The Morgan fingerprint density at radius 1 is 1.22 bits per heavy atom. The van der Waals surface area contributed by atoms with Gasteiger partial charge in [-0.1, -0.05) is 0 Å². The fraction of sp³-hybridized carbons (Fsp3) is 0.364. The normalized spacial score (nSPS) is 15.8. The third-order valence-corrected chi connectivity index (χ3v) is 5.27. The number of anilines is 2. The Kier molecular flexibility index (Phi) is 7.51. The lowest BCUT2D eigenvalue weighted by molar-refractivity contribution is 0.187. The van der Waals surface area contributed by atoms with Crippen molar-refractivity contribution >= 4 is 24.0 Å². The predicted octanol–water partition coefficient (Wildman–Crippen LogP) is 3.77. The topological polar surface area (TPSA) is 112 Å². The van der Waals surface area contributed by atoms with E-state index in [0.29, 0.717) is 23.4 Å². The average Bonchev–Trinajstić information content (AvgIpc) is 3.44. The predicted molar refractivity (Wildman–Crippen MR) is 124 cm³/mol. The summed E-state index contributed by atoms with van der Waals surface area (Å²) >= 11 is 0. The minimum Gasteiger partial charge on any atom is -0.496 e. The number of methoxy groups -OCH3 is 1. The van der Waals surface area contributed by atoms with Gasteiger partial charge < -0.3 is 14.8 Å². The van der Waals surface area contributed by atoms with Crippen molar-refractivity contribution in [3.8, 4) is 28.8 Å². The Hall–Kier alpha value is -3.35. The minimum atomic E-state index is 0. The molecule has 0 amide bonds. The lowest BCUT2D eigenvalue weighted by atomic mass is 10.1. The molecule has 10 heteroatoms. The number of hydrogen-bond acceptors (Lipinski definition) is 8. The second-order valence-electron chi connectivity index (χ2n) is 7.67. The zero-order valence-corrected chi connectivity index (χ0v) is 19.0. The Bertz CT molecular complexity index is 1080. The lowest BCUT2D eigenvalue weighted by Crippen LogP contribution is -2.30. The van der Waals surface area contributed by atoms with Crippen molar-refractivity contribution in [1.29, 1.82) is 5.26 Å². The number of nitrogens with one attached hydrogen (secondary N) is 2. The highest BCUT2D eigenvalue weighted by molar-refractivity contribution is 5.85. The molecular formula is C22H26ClN7O2. The molecule has 0 saturated carbocycles. The number of halogens is 1. The number of ether oxygens (including phenoxy) is 2. The number of benzene rings is 1. The Labute approximate surface area is 193 Å². The standard InChI is InChI=1S/C22H25N7O2.ClH/c1-14(2)29-7-6-17(13-29)31-16-4-5-18(20(8-16)30-3)19-9-21(28-27-19)26-22-12-24-15(10-23)11-25-22;/h4-5,8-9,11-12,14,17H,6-7,13H2,1-3H3,(H2,25,26,27,28);1H/t17-;/m0./s1. The van der Waals surface area contributed by atoms with Gasteiger partial charge in [-0.25, -0.2) is 9.97 Å². The van der Waals surface area contributed by atoms with Gasteiger partial charge in [0.15, 0.2) is 11.5 Å². The highest BCUT2D eigenvalue weighted by Gasteiger charge is 2.25. The van der Waals surface area contributed by atoms with Crippen LogP contribution in [0.25, 0.3) is 11.3 Å². The van der Waals surface area contributed by atoms with Gasteiger partial charge in [-0.3, -0.25) is 10.00 Å². The van der Waals surface area contributed by atoms with Crippen molar-refractivity contribution < 1.29 is 9.47 Å². The monoisotopic (exact) mass is 455 g/mol. The fourth-order valence-electron chi connectivity index (χ4n) is 3.58. The average molecular weight is 456 g/mol. The van der Waals surface area contributed by atoms with Crippen molar-refractivity contribution in [2.75, 3.05) is 25.5 Å². The molecule has 9 nitrogen and oxygen atoms in total. The molecule has 1 fully saturated rings. The Morgan fingerprint density at radius 2 is 2.06 bits per heavy atom. The van der Waals surface area contributed by atoms with Crippen molar-refractivity contribution in [1.82, 2.24) is 25.1 Å². The van der Waals surface area contributed by atoms with Crippen molar-refractivity contribution in [3.05, 3.63) is 42.4 Å². The van der Waals surface area contributed by atoms with Crippen LogP contribution in [0.15, 0.2) is 36.7 Å². The molecule has 1 saturated heterocycles. The van der Waals surface area contributed by atoms with E-state index in [1.165, 1.54) is 12.4 Å². The van der Waals surface area contributed by atoms with Crippen LogP contribution >= 0.6 is 12.4 Å².